The van der Waals surface area contributed by atoms with Crippen LogP contribution in [0.1, 0.15) is 62.2 Å². The van der Waals surface area contributed by atoms with Crippen molar-refractivity contribution in [2.24, 2.45) is 5.92 Å². The van der Waals surface area contributed by atoms with E-state index in [0.717, 1.165) is 30.0 Å². The van der Waals surface area contributed by atoms with Crippen molar-refractivity contribution >= 4 is 11.6 Å². The van der Waals surface area contributed by atoms with Gasteiger partial charge in [-0.2, -0.15) is 0 Å². The largest absolute Gasteiger partial charge is 0.382 e. The molecule has 2 aliphatic carbocycles. The maximum absolute atomic E-state index is 12.1. The van der Waals surface area contributed by atoms with Gasteiger partial charge in [0, 0.05) is 23.3 Å². The average Bonchev–Trinajstić information content (AvgIpc) is 3.31. The minimum atomic E-state index is 0.0660. The molecular weight excluding hydrogens is 260 g/mol. The van der Waals surface area contributed by atoms with Gasteiger partial charge in [0.15, 0.2) is 0 Å². The standard InChI is InChI=1S/C18H26N2O/c1-2-13-5-3-7-16(11-13)19-17-8-4-6-14(12-17)18(21)20-15-9-10-15/h4,6,8,12-13,15-16,19H,2-3,5,7,9-11H2,1H3,(H,20,21). The second-order valence-corrected chi connectivity index (χ2v) is 6.61. The maximum Gasteiger partial charge on any atom is 0.251 e. The van der Waals surface area contributed by atoms with Crippen LogP contribution in [-0.2, 0) is 0 Å². The molecule has 0 saturated heterocycles. The van der Waals surface area contributed by atoms with Crippen LogP contribution in [-0.4, -0.2) is 18.0 Å². The van der Waals surface area contributed by atoms with E-state index in [1.54, 1.807) is 0 Å². The van der Waals surface area contributed by atoms with Crippen LogP contribution in [0.4, 0.5) is 5.69 Å². The Balaban J connectivity index is 1.61. The number of anilines is 1. The van der Waals surface area contributed by atoms with Crippen molar-refractivity contribution in [1.29, 1.82) is 0 Å². The molecule has 0 spiro atoms. The van der Waals surface area contributed by atoms with Crippen molar-refractivity contribution in [3.05, 3.63) is 29.8 Å². The third-order valence-electron chi connectivity index (χ3n) is 4.77. The number of benzene rings is 1. The highest BCUT2D eigenvalue weighted by Gasteiger charge is 2.24. The van der Waals surface area contributed by atoms with Crippen molar-refractivity contribution in [1.82, 2.24) is 5.32 Å². The van der Waals surface area contributed by atoms with Gasteiger partial charge in [-0.15, -0.1) is 0 Å². The summed E-state index contributed by atoms with van der Waals surface area (Å²) in [7, 11) is 0. The molecule has 21 heavy (non-hydrogen) atoms. The van der Waals surface area contributed by atoms with Gasteiger partial charge in [-0.25, -0.2) is 0 Å². The van der Waals surface area contributed by atoms with Crippen molar-refractivity contribution in [2.75, 3.05) is 5.32 Å². The van der Waals surface area contributed by atoms with E-state index in [9.17, 15) is 4.79 Å². The molecule has 114 valence electrons. The zero-order valence-electron chi connectivity index (χ0n) is 12.9. The van der Waals surface area contributed by atoms with Crippen LogP contribution in [0.15, 0.2) is 24.3 Å². The smallest absolute Gasteiger partial charge is 0.251 e. The number of hydrogen-bond acceptors (Lipinski definition) is 2. The molecule has 2 fully saturated rings. The van der Waals surface area contributed by atoms with Crippen LogP contribution in [0.2, 0.25) is 0 Å². The fourth-order valence-corrected chi connectivity index (χ4v) is 3.28. The summed E-state index contributed by atoms with van der Waals surface area (Å²) < 4.78 is 0. The van der Waals surface area contributed by atoms with E-state index in [1.165, 1.54) is 32.1 Å². The number of amides is 1. The Labute approximate surface area is 127 Å². The summed E-state index contributed by atoms with van der Waals surface area (Å²) in [6, 6.07) is 8.92. The first-order chi connectivity index (χ1) is 10.2. The first-order valence-corrected chi connectivity index (χ1v) is 8.42. The second kappa shape index (κ2) is 6.50. The molecular formula is C18H26N2O. The molecule has 2 saturated carbocycles. The number of rotatable bonds is 5. The van der Waals surface area contributed by atoms with Crippen LogP contribution in [0, 0.1) is 5.92 Å². The fraction of sp³-hybridized carbons (Fsp3) is 0.611. The Morgan fingerprint density at radius 2 is 2.05 bits per heavy atom. The lowest BCUT2D eigenvalue weighted by molar-refractivity contribution is 0.0951. The van der Waals surface area contributed by atoms with Gasteiger partial charge >= 0.3 is 0 Å². The lowest BCUT2D eigenvalue weighted by Crippen LogP contribution is -2.28. The molecule has 0 bridgehead atoms. The summed E-state index contributed by atoms with van der Waals surface area (Å²) in [4.78, 5) is 12.1. The quantitative estimate of drug-likeness (QED) is 0.860. The number of carbonyl (C=O) groups excluding carboxylic acids is 1. The molecule has 0 aliphatic heterocycles. The average molecular weight is 286 g/mol. The lowest BCUT2D eigenvalue weighted by Gasteiger charge is -2.30. The van der Waals surface area contributed by atoms with Crippen LogP contribution < -0.4 is 10.6 Å². The minimum Gasteiger partial charge on any atom is -0.382 e. The second-order valence-electron chi connectivity index (χ2n) is 6.61. The summed E-state index contributed by atoms with van der Waals surface area (Å²) in [5.41, 5.74) is 1.86. The molecule has 2 aliphatic rings. The Hall–Kier alpha value is -1.51. The van der Waals surface area contributed by atoms with Crippen LogP contribution in [0.5, 0.6) is 0 Å². The molecule has 3 heteroatoms. The minimum absolute atomic E-state index is 0.0660. The van der Waals surface area contributed by atoms with Gasteiger partial charge in [0.05, 0.1) is 0 Å². The van der Waals surface area contributed by atoms with E-state index in [-0.39, 0.29) is 5.91 Å². The molecule has 2 atom stereocenters. The van der Waals surface area contributed by atoms with Gasteiger partial charge in [0.25, 0.3) is 5.91 Å². The molecule has 1 amide bonds. The van der Waals surface area contributed by atoms with Crippen LogP contribution >= 0.6 is 0 Å². The molecule has 0 heterocycles. The Morgan fingerprint density at radius 3 is 2.81 bits per heavy atom. The van der Waals surface area contributed by atoms with Gasteiger partial charge in [-0.1, -0.05) is 32.3 Å². The highest BCUT2D eigenvalue weighted by Crippen LogP contribution is 2.29. The zero-order valence-corrected chi connectivity index (χ0v) is 12.9. The first-order valence-electron chi connectivity index (χ1n) is 8.42. The highest BCUT2D eigenvalue weighted by atomic mass is 16.1. The molecule has 0 aromatic heterocycles. The Kier molecular flexibility index (Phi) is 4.47. The zero-order chi connectivity index (χ0) is 14.7. The number of nitrogens with one attached hydrogen (secondary N) is 2. The van der Waals surface area contributed by atoms with E-state index in [2.05, 4.69) is 23.6 Å². The molecule has 0 radical (unpaired) electrons. The summed E-state index contributed by atoms with van der Waals surface area (Å²) in [6.45, 7) is 2.29. The first kappa shape index (κ1) is 14.4. The predicted molar refractivity (Wildman–Crippen MR) is 86.6 cm³/mol. The van der Waals surface area contributed by atoms with Gasteiger partial charge in [0.1, 0.15) is 0 Å². The van der Waals surface area contributed by atoms with E-state index in [0.29, 0.717) is 12.1 Å². The fourth-order valence-electron chi connectivity index (χ4n) is 3.28. The van der Waals surface area contributed by atoms with E-state index in [4.69, 9.17) is 0 Å². The molecule has 3 rings (SSSR count). The van der Waals surface area contributed by atoms with Gasteiger partial charge < -0.3 is 10.6 Å². The third-order valence-corrected chi connectivity index (χ3v) is 4.77. The SMILES string of the molecule is CCC1CCCC(Nc2cccc(C(=O)NC3CC3)c2)C1. The van der Waals surface area contributed by atoms with E-state index in [1.807, 2.05) is 18.2 Å². The van der Waals surface area contributed by atoms with E-state index < -0.39 is 0 Å². The van der Waals surface area contributed by atoms with Gasteiger partial charge in [-0.05, 0) is 49.8 Å². The molecule has 2 unspecified atom stereocenters. The van der Waals surface area contributed by atoms with Crippen LogP contribution in [0.25, 0.3) is 0 Å². The van der Waals surface area contributed by atoms with Gasteiger partial charge in [0.2, 0.25) is 0 Å². The van der Waals surface area contributed by atoms with Crippen molar-refractivity contribution in [3.63, 3.8) is 0 Å². The third kappa shape index (κ3) is 3.99. The summed E-state index contributed by atoms with van der Waals surface area (Å²) in [5.74, 6) is 0.925. The predicted octanol–water partition coefficient (Wildman–Crippen LogP) is 3.96. The molecule has 1 aromatic rings. The normalized spacial score (nSPS) is 25.4. The topological polar surface area (TPSA) is 41.1 Å². The van der Waals surface area contributed by atoms with Crippen molar-refractivity contribution in [3.8, 4) is 0 Å². The number of carbonyl (C=O) groups is 1. The Morgan fingerprint density at radius 1 is 1.19 bits per heavy atom. The number of hydrogen-bond donors (Lipinski definition) is 2. The van der Waals surface area contributed by atoms with Crippen molar-refractivity contribution < 1.29 is 4.79 Å². The maximum atomic E-state index is 12.1. The molecule has 3 nitrogen and oxygen atoms in total. The van der Waals surface area contributed by atoms with E-state index >= 15 is 0 Å². The molecule has 1 aromatic carbocycles. The monoisotopic (exact) mass is 286 g/mol. The summed E-state index contributed by atoms with van der Waals surface area (Å²) in [5, 5.41) is 6.68. The Bertz CT molecular complexity index is 496. The van der Waals surface area contributed by atoms with Gasteiger partial charge in [-0.3, -0.25) is 4.79 Å². The van der Waals surface area contributed by atoms with Crippen LogP contribution in [0.3, 0.4) is 0 Å². The lowest BCUT2D eigenvalue weighted by atomic mass is 9.84. The summed E-state index contributed by atoms with van der Waals surface area (Å²) >= 11 is 0. The van der Waals surface area contributed by atoms with Crippen molar-refractivity contribution in [2.45, 2.75) is 64.0 Å². The highest BCUT2D eigenvalue weighted by molar-refractivity contribution is 5.95. The molecule has 2 N–H and O–H groups in total. The summed E-state index contributed by atoms with van der Waals surface area (Å²) in [6.07, 6.45) is 8.73.